The number of aryl methyl sites for hydroxylation is 1. The SMILES string of the molecule is COc1ccc(CCC(=O)Nc2c(Cl)cccc2Cl)cc1OC. The number of benzene rings is 2. The second-order valence-corrected chi connectivity index (χ2v) is 5.65. The first-order valence-electron chi connectivity index (χ1n) is 7.00. The third-order valence-corrected chi connectivity index (χ3v) is 3.95. The van der Waals surface area contributed by atoms with Crippen molar-refractivity contribution in [1.82, 2.24) is 0 Å². The highest BCUT2D eigenvalue weighted by Gasteiger charge is 2.11. The molecule has 0 unspecified atom stereocenters. The highest BCUT2D eigenvalue weighted by Crippen LogP contribution is 2.30. The number of carbonyl (C=O) groups is 1. The van der Waals surface area contributed by atoms with Gasteiger partial charge in [-0.1, -0.05) is 35.3 Å². The molecule has 0 aliphatic rings. The highest BCUT2D eigenvalue weighted by molar-refractivity contribution is 6.39. The summed E-state index contributed by atoms with van der Waals surface area (Å²) in [5, 5.41) is 3.57. The summed E-state index contributed by atoms with van der Waals surface area (Å²) in [7, 11) is 3.16. The number of hydrogen-bond acceptors (Lipinski definition) is 3. The molecule has 1 amide bonds. The Kier molecular flexibility index (Phi) is 6.13. The fourth-order valence-electron chi connectivity index (χ4n) is 2.11. The summed E-state index contributed by atoms with van der Waals surface area (Å²) in [6.07, 6.45) is 0.866. The second-order valence-electron chi connectivity index (χ2n) is 4.83. The maximum atomic E-state index is 12.1. The van der Waals surface area contributed by atoms with E-state index in [9.17, 15) is 4.79 Å². The Bertz CT molecular complexity index is 684. The van der Waals surface area contributed by atoms with Gasteiger partial charge in [-0.25, -0.2) is 0 Å². The number of amides is 1. The van der Waals surface area contributed by atoms with Crippen molar-refractivity contribution in [3.63, 3.8) is 0 Å². The van der Waals surface area contributed by atoms with E-state index in [1.165, 1.54) is 0 Å². The molecule has 0 heterocycles. The molecule has 122 valence electrons. The average molecular weight is 354 g/mol. The monoisotopic (exact) mass is 353 g/mol. The van der Waals surface area contributed by atoms with Crippen LogP contribution in [0.1, 0.15) is 12.0 Å². The van der Waals surface area contributed by atoms with Crippen LogP contribution in [0.3, 0.4) is 0 Å². The van der Waals surface area contributed by atoms with Crippen molar-refractivity contribution in [2.45, 2.75) is 12.8 Å². The Morgan fingerprint density at radius 3 is 2.30 bits per heavy atom. The normalized spacial score (nSPS) is 10.3. The number of anilines is 1. The quantitative estimate of drug-likeness (QED) is 0.826. The summed E-state index contributed by atoms with van der Waals surface area (Å²) in [5.41, 5.74) is 1.41. The summed E-state index contributed by atoms with van der Waals surface area (Å²) in [6.45, 7) is 0. The van der Waals surface area contributed by atoms with Crippen LogP contribution in [0.25, 0.3) is 0 Å². The van der Waals surface area contributed by atoms with Crippen molar-refractivity contribution < 1.29 is 14.3 Å². The molecule has 2 rings (SSSR count). The minimum absolute atomic E-state index is 0.158. The van der Waals surface area contributed by atoms with E-state index in [2.05, 4.69) is 5.32 Å². The molecule has 0 saturated carbocycles. The lowest BCUT2D eigenvalue weighted by Crippen LogP contribution is -2.13. The smallest absolute Gasteiger partial charge is 0.224 e. The zero-order valence-corrected chi connectivity index (χ0v) is 14.4. The Morgan fingerprint density at radius 1 is 1.04 bits per heavy atom. The number of carbonyl (C=O) groups excluding carboxylic acids is 1. The van der Waals surface area contributed by atoms with Crippen LogP contribution in [0.15, 0.2) is 36.4 Å². The van der Waals surface area contributed by atoms with Gasteiger partial charge in [0.05, 0.1) is 30.0 Å². The van der Waals surface area contributed by atoms with Crippen molar-refractivity contribution >= 4 is 34.8 Å². The van der Waals surface area contributed by atoms with Crippen LogP contribution in [-0.2, 0) is 11.2 Å². The van der Waals surface area contributed by atoms with Crippen LogP contribution in [0.4, 0.5) is 5.69 Å². The van der Waals surface area contributed by atoms with Crippen LogP contribution < -0.4 is 14.8 Å². The van der Waals surface area contributed by atoms with Crippen LogP contribution in [-0.4, -0.2) is 20.1 Å². The van der Waals surface area contributed by atoms with Crippen LogP contribution in [0.5, 0.6) is 11.5 Å². The zero-order chi connectivity index (χ0) is 16.8. The number of para-hydroxylation sites is 1. The minimum Gasteiger partial charge on any atom is -0.493 e. The van der Waals surface area contributed by atoms with Crippen LogP contribution >= 0.6 is 23.2 Å². The largest absolute Gasteiger partial charge is 0.493 e. The van der Waals surface area contributed by atoms with E-state index in [0.717, 1.165) is 5.56 Å². The molecule has 1 N–H and O–H groups in total. The summed E-state index contributed by atoms with van der Waals surface area (Å²) >= 11 is 12.1. The van der Waals surface area contributed by atoms with Gasteiger partial charge in [-0.05, 0) is 36.2 Å². The zero-order valence-electron chi connectivity index (χ0n) is 12.9. The second kappa shape index (κ2) is 8.09. The van der Waals surface area contributed by atoms with E-state index in [0.29, 0.717) is 40.1 Å². The molecule has 23 heavy (non-hydrogen) atoms. The summed E-state index contributed by atoms with van der Waals surface area (Å²) in [6, 6.07) is 10.7. The molecule has 0 aliphatic heterocycles. The van der Waals surface area contributed by atoms with Gasteiger partial charge in [-0.3, -0.25) is 4.79 Å². The number of halogens is 2. The van der Waals surface area contributed by atoms with Crippen molar-refractivity contribution in [3.8, 4) is 11.5 Å². The fourth-order valence-corrected chi connectivity index (χ4v) is 2.61. The lowest BCUT2D eigenvalue weighted by molar-refractivity contribution is -0.116. The molecule has 2 aromatic rings. The topological polar surface area (TPSA) is 47.6 Å². The highest BCUT2D eigenvalue weighted by atomic mass is 35.5. The molecule has 0 spiro atoms. The van der Waals surface area contributed by atoms with E-state index in [1.807, 2.05) is 18.2 Å². The molecule has 0 saturated heterocycles. The van der Waals surface area contributed by atoms with Crippen LogP contribution in [0, 0.1) is 0 Å². The Morgan fingerprint density at radius 2 is 1.70 bits per heavy atom. The maximum absolute atomic E-state index is 12.1. The van der Waals surface area contributed by atoms with Gasteiger partial charge < -0.3 is 14.8 Å². The number of rotatable bonds is 6. The van der Waals surface area contributed by atoms with Gasteiger partial charge in [-0.2, -0.15) is 0 Å². The molecule has 0 bridgehead atoms. The molecule has 0 atom stereocenters. The third kappa shape index (κ3) is 4.53. The van der Waals surface area contributed by atoms with E-state index >= 15 is 0 Å². The average Bonchev–Trinajstić information content (AvgIpc) is 2.56. The van der Waals surface area contributed by atoms with Gasteiger partial charge in [-0.15, -0.1) is 0 Å². The van der Waals surface area contributed by atoms with E-state index in [1.54, 1.807) is 32.4 Å². The van der Waals surface area contributed by atoms with Gasteiger partial charge >= 0.3 is 0 Å². The molecular weight excluding hydrogens is 337 g/mol. The lowest BCUT2D eigenvalue weighted by atomic mass is 10.1. The van der Waals surface area contributed by atoms with E-state index < -0.39 is 0 Å². The molecule has 0 aliphatic carbocycles. The Balaban J connectivity index is 1.99. The predicted octanol–water partition coefficient (Wildman–Crippen LogP) is 4.58. The molecule has 6 heteroatoms. The standard InChI is InChI=1S/C17H17Cl2NO3/c1-22-14-8-6-11(10-15(14)23-2)7-9-16(21)20-17-12(18)4-3-5-13(17)19/h3-6,8,10H,7,9H2,1-2H3,(H,20,21). The molecular formula is C17H17Cl2NO3. The molecule has 4 nitrogen and oxygen atoms in total. The summed E-state index contributed by atoms with van der Waals surface area (Å²) in [4.78, 5) is 12.1. The molecule has 2 aromatic carbocycles. The maximum Gasteiger partial charge on any atom is 0.224 e. The summed E-state index contributed by atoms with van der Waals surface area (Å²) in [5.74, 6) is 1.14. The number of hydrogen-bond donors (Lipinski definition) is 1. The first-order chi connectivity index (χ1) is 11.0. The first kappa shape index (κ1) is 17.4. The van der Waals surface area contributed by atoms with Gasteiger partial charge in [0, 0.05) is 6.42 Å². The van der Waals surface area contributed by atoms with Crippen molar-refractivity contribution in [3.05, 3.63) is 52.0 Å². The van der Waals surface area contributed by atoms with E-state index in [-0.39, 0.29) is 5.91 Å². The molecule has 0 aromatic heterocycles. The Hall–Kier alpha value is -1.91. The number of nitrogens with one attached hydrogen (secondary N) is 1. The van der Waals surface area contributed by atoms with Crippen molar-refractivity contribution in [2.24, 2.45) is 0 Å². The first-order valence-corrected chi connectivity index (χ1v) is 7.75. The van der Waals surface area contributed by atoms with Gasteiger partial charge in [0.2, 0.25) is 5.91 Å². The minimum atomic E-state index is -0.158. The third-order valence-electron chi connectivity index (χ3n) is 3.32. The van der Waals surface area contributed by atoms with Gasteiger partial charge in [0.25, 0.3) is 0 Å². The van der Waals surface area contributed by atoms with Gasteiger partial charge in [0.15, 0.2) is 11.5 Å². The lowest BCUT2D eigenvalue weighted by Gasteiger charge is -2.11. The predicted molar refractivity (Wildman–Crippen MR) is 93.0 cm³/mol. The van der Waals surface area contributed by atoms with Gasteiger partial charge in [0.1, 0.15) is 0 Å². The fraction of sp³-hybridized carbons (Fsp3) is 0.235. The van der Waals surface area contributed by atoms with Crippen molar-refractivity contribution in [2.75, 3.05) is 19.5 Å². The van der Waals surface area contributed by atoms with E-state index in [4.69, 9.17) is 32.7 Å². The van der Waals surface area contributed by atoms with Crippen molar-refractivity contribution in [1.29, 1.82) is 0 Å². The molecule has 0 fully saturated rings. The number of ether oxygens (including phenoxy) is 2. The number of methoxy groups -OCH3 is 2. The summed E-state index contributed by atoms with van der Waals surface area (Å²) < 4.78 is 10.4. The Labute approximate surface area is 145 Å². The molecule has 0 radical (unpaired) electrons. The van der Waals surface area contributed by atoms with Crippen LogP contribution in [0.2, 0.25) is 10.0 Å².